The fourth-order valence-electron chi connectivity index (χ4n) is 2.36. The molecule has 0 spiro atoms. The van der Waals surface area contributed by atoms with E-state index >= 15 is 0 Å². The molecule has 0 amide bonds. The molecule has 0 aromatic carbocycles. The Kier molecular flexibility index (Phi) is 5.74. The van der Waals surface area contributed by atoms with Gasteiger partial charge in [-0.3, -0.25) is 9.67 Å². The van der Waals surface area contributed by atoms with Gasteiger partial charge in [0.1, 0.15) is 0 Å². The van der Waals surface area contributed by atoms with Gasteiger partial charge in [-0.1, -0.05) is 13.0 Å². The van der Waals surface area contributed by atoms with Gasteiger partial charge >= 0.3 is 0 Å². The Morgan fingerprint density at radius 3 is 2.80 bits per heavy atom. The molecule has 0 saturated carbocycles. The van der Waals surface area contributed by atoms with Gasteiger partial charge in [-0.2, -0.15) is 5.10 Å². The average molecular weight is 272 g/mol. The van der Waals surface area contributed by atoms with Crippen LogP contribution in [0.2, 0.25) is 0 Å². The minimum Gasteiger partial charge on any atom is -0.314 e. The number of aromatic nitrogens is 3. The van der Waals surface area contributed by atoms with Gasteiger partial charge in [0.25, 0.3) is 0 Å². The Morgan fingerprint density at radius 2 is 2.15 bits per heavy atom. The van der Waals surface area contributed by atoms with Gasteiger partial charge < -0.3 is 5.32 Å². The lowest BCUT2D eigenvalue weighted by molar-refractivity contribution is 0.468. The van der Waals surface area contributed by atoms with E-state index in [1.807, 2.05) is 30.2 Å². The number of pyridine rings is 1. The molecule has 0 fully saturated rings. The van der Waals surface area contributed by atoms with Crippen LogP contribution in [0.15, 0.2) is 36.7 Å². The normalized spacial score (nSPS) is 12.5. The molecule has 1 atom stereocenters. The Hall–Kier alpha value is -1.68. The lowest BCUT2D eigenvalue weighted by Gasteiger charge is -2.18. The number of nitrogens with zero attached hydrogens (tertiary/aromatic N) is 3. The molecule has 4 nitrogen and oxygen atoms in total. The molecule has 0 saturated heterocycles. The van der Waals surface area contributed by atoms with Crippen LogP contribution >= 0.6 is 0 Å². The van der Waals surface area contributed by atoms with Gasteiger partial charge in [0, 0.05) is 43.3 Å². The number of aryl methyl sites for hydroxylation is 2. The van der Waals surface area contributed by atoms with E-state index < -0.39 is 0 Å². The summed E-state index contributed by atoms with van der Waals surface area (Å²) in [6.45, 7) is 3.26. The maximum absolute atomic E-state index is 4.43. The van der Waals surface area contributed by atoms with Gasteiger partial charge in [0.05, 0.1) is 0 Å². The first-order valence-electron chi connectivity index (χ1n) is 7.39. The van der Waals surface area contributed by atoms with Crippen molar-refractivity contribution >= 4 is 0 Å². The van der Waals surface area contributed by atoms with Gasteiger partial charge in [-0.05, 0) is 44.0 Å². The molecule has 4 heteroatoms. The van der Waals surface area contributed by atoms with Crippen molar-refractivity contribution in [2.75, 3.05) is 6.54 Å². The Balaban J connectivity index is 1.91. The molecule has 0 aliphatic rings. The molecule has 0 radical (unpaired) electrons. The van der Waals surface area contributed by atoms with Gasteiger partial charge in [-0.15, -0.1) is 0 Å². The summed E-state index contributed by atoms with van der Waals surface area (Å²) >= 11 is 0. The molecular weight excluding hydrogens is 248 g/mol. The lowest BCUT2D eigenvalue weighted by Crippen LogP contribution is -2.32. The summed E-state index contributed by atoms with van der Waals surface area (Å²) in [7, 11) is 2.00. The summed E-state index contributed by atoms with van der Waals surface area (Å²) in [5.74, 6) is 0. The molecule has 2 heterocycles. The Labute approximate surface area is 121 Å². The second kappa shape index (κ2) is 7.80. The van der Waals surface area contributed by atoms with Crippen molar-refractivity contribution < 1.29 is 0 Å². The zero-order valence-corrected chi connectivity index (χ0v) is 12.4. The van der Waals surface area contributed by atoms with Crippen LogP contribution < -0.4 is 5.32 Å². The highest BCUT2D eigenvalue weighted by Crippen LogP contribution is 2.08. The molecule has 2 rings (SSSR count). The molecule has 20 heavy (non-hydrogen) atoms. The van der Waals surface area contributed by atoms with E-state index in [2.05, 4.69) is 40.5 Å². The number of hydrogen-bond donors (Lipinski definition) is 1. The van der Waals surface area contributed by atoms with Crippen LogP contribution in [-0.4, -0.2) is 27.4 Å². The number of rotatable bonds is 8. The quantitative estimate of drug-likeness (QED) is 0.802. The monoisotopic (exact) mass is 272 g/mol. The van der Waals surface area contributed by atoms with Crippen molar-refractivity contribution in [3.63, 3.8) is 0 Å². The highest BCUT2D eigenvalue weighted by atomic mass is 15.2. The fourth-order valence-corrected chi connectivity index (χ4v) is 2.36. The third-order valence-corrected chi connectivity index (χ3v) is 3.54. The van der Waals surface area contributed by atoms with E-state index in [1.165, 1.54) is 5.69 Å². The van der Waals surface area contributed by atoms with E-state index in [0.717, 1.165) is 37.9 Å². The predicted molar refractivity (Wildman–Crippen MR) is 81.6 cm³/mol. The first-order chi connectivity index (χ1) is 9.79. The summed E-state index contributed by atoms with van der Waals surface area (Å²) in [6.07, 6.45) is 8.03. The Bertz CT molecular complexity index is 492. The first-order valence-corrected chi connectivity index (χ1v) is 7.39. The molecule has 0 aliphatic carbocycles. The van der Waals surface area contributed by atoms with E-state index in [4.69, 9.17) is 0 Å². The van der Waals surface area contributed by atoms with Crippen LogP contribution in [0.5, 0.6) is 0 Å². The molecule has 108 valence electrons. The van der Waals surface area contributed by atoms with E-state index in [-0.39, 0.29) is 0 Å². The zero-order chi connectivity index (χ0) is 14.2. The minimum atomic E-state index is 0.472. The molecule has 0 bridgehead atoms. The van der Waals surface area contributed by atoms with E-state index in [1.54, 1.807) is 0 Å². The van der Waals surface area contributed by atoms with Crippen LogP contribution in [-0.2, 0) is 19.9 Å². The zero-order valence-electron chi connectivity index (χ0n) is 12.4. The standard InChI is InChI=1S/C16H24N4/c1-3-10-17-15(13-14-6-4-5-11-18-14)7-8-16-9-12-19-20(16)2/h4-6,9,11-12,15,17H,3,7-8,10,13H2,1-2H3. The maximum Gasteiger partial charge on any atom is 0.0492 e. The van der Waals surface area contributed by atoms with E-state index in [9.17, 15) is 0 Å². The molecule has 1 N–H and O–H groups in total. The number of nitrogens with one attached hydrogen (secondary N) is 1. The largest absolute Gasteiger partial charge is 0.314 e. The van der Waals surface area contributed by atoms with Crippen molar-refractivity contribution in [3.05, 3.63) is 48.0 Å². The topological polar surface area (TPSA) is 42.7 Å². The first kappa shape index (κ1) is 14.7. The third-order valence-electron chi connectivity index (χ3n) is 3.54. The molecular formula is C16H24N4. The van der Waals surface area contributed by atoms with Gasteiger partial charge in [-0.25, -0.2) is 0 Å². The van der Waals surface area contributed by atoms with Crippen molar-refractivity contribution in [3.8, 4) is 0 Å². The fraction of sp³-hybridized carbons (Fsp3) is 0.500. The molecule has 1 unspecified atom stereocenters. The van der Waals surface area contributed by atoms with Crippen molar-refractivity contribution in [1.29, 1.82) is 0 Å². The van der Waals surface area contributed by atoms with Gasteiger partial charge in [0.2, 0.25) is 0 Å². The van der Waals surface area contributed by atoms with Crippen LogP contribution in [0.4, 0.5) is 0 Å². The summed E-state index contributed by atoms with van der Waals surface area (Å²) in [4.78, 5) is 4.43. The molecule has 2 aromatic heterocycles. The molecule has 2 aromatic rings. The summed E-state index contributed by atoms with van der Waals surface area (Å²) in [5.41, 5.74) is 2.44. The lowest BCUT2D eigenvalue weighted by atomic mass is 10.0. The maximum atomic E-state index is 4.43. The van der Waals surface area contributed by atoms with Crippen LogP contribution in [0, 0.1) is 0 Å². The predicted octanol–water partition coefficient (Wildman–Crippen LogP) is 2.36. The minimum absolute atomic E-state index is 0.472. The summed E-state index contributed by atoms with van der Waals surface area (Å²) < 4.78 is 1.96. The summed E-state index contributed by atoms with van der Waals surface area (Å²) in [6, 6.07) is 8.69. The number of hydrogen-bond acceptors (Lipinski definition) is 3. The summed E-state index contributed by atoms with van der Waals surface area (Å²) in [5, 5.41) is 7.85. The Morgan fingerprint density at radius 1 is 1.25 bits per heavy atom. The van der Waals surface area contributed by atoms with Gasteiger partial charge in [0.15, 0.2) is 0 Å². The second-order valence-electron chi connectivity index (χ2n) is 5.16. The highest BCUT2D eigenvalue weighted by molar-refractivity contribution is 5.06. The second-order valence-corrected chi connectivity index (χ2v) is 5.16. The van der Waals surface area contributed by atoms with Crippen molar-refractivity contribution in [2.24, 2.45) is 7.05 Å². The molecule has 0 aliphatic heterocycles. The van der Waals surface area contributed by atoms with Crippen molar-refractivity contribution in [2.45, 2.75) is 38.6 Å². The van der Waals surface area contributed by atoms with Crippen LogP contribution in [0.1, 0.15) is 31.2 Å². The van der Waals surface area contributed by atoms with Crippen LogP contribution in [0.3, 0.4) is 0 Å². The van der Waals surface area contributed by atoms with Crippen LogP contribution in [0.25, 0.3) is 0 Å². The van der Waals surface area contributed by atoms with E-state index in [0.29, 0.717) is 6.04 Å². The smallest absolute Gasteiger partial charge is 0.0492 e. The van der Waals surface area contributed by atoms with Crippen molar-refractivity contribution in [1.82, 2.24) is 20.1 Å². The third kappa shape index (κ3) is 4.46. The SMILES string of the molecule is CCCNC(CCc1ccnn1C)Cc1ccccn1. The highest BCUT2D eigenvalue weighted by Gasteiger charge is 2.11. The average Bonchev–Trinajstić information content (AvgIpc) is 2.88.